The number of benzene rings is 3. The number of imide groups is 2. The minimum Gasteiger partial charge on any atom is -0.494 e. The highest BCUT2D eigenvalue weighted by molar-refractivity contribution is 6.32. The molecule has 0 radical (unpaired) electrons. The van der Waals surface area contributed by atoms with Crippen molar-refractivity contribution < 1.29 is 38.6 Å². The number of carbonyl (C=O) groups excluding carboxylic acids is 4. The molecule has 4 amide bonds. The third kappa shape index (κ3) is 9.41. The van der Waals surface area contributed by atoms with Crippen LogP contribution in [0.1, 0.15) is 80.4 Å². The number of aromatic nitrogens is 2. The fraction of sp³-hybridized carbons (Fsp3) is 0.469. The summed E-state index contributed by atoms with van der Waals surface area (Å²) in [5.41, 5.74) is 8.88. The van der Waals surface area contributed by atoms with Gasteiger partial charge in [-0.1, -0.05) is 35.9 Å². The zero-order valence-corrected chi connectivity index (χ0v) is 39.1. The molecule has 0 spiro atoms. The van der Waals surface area contributed by atoms with Crippen LogP contribution in [0.3, 0.4) is 0 Å². The first-order valence-corrected chi connectivity index (χ1v) is 23.2. The summed E-state index contributed by atoms with van der Waals surface area (Å²) < 4.78 is 14.0. The molecule has 4 aliphatic rings. The molecule has 350 valence electrons. The van der Waals surface area contributed by atoms with Crippen molar-refractivity contribution in [3.05, 3.63) is 92.8 Å². The third-order valence-electron chi connectivity index (χ3n) is 13.5. The average Bonchev–Trinajstić information content (AvgIpc) is 3.85. The second kappa shape index (κ2) is 20.0. The van der Waals surface area contributed by atoms with Gasteiger partial charge in [0, 0.05) is 105 Å². The molecule has 17 heteroatoms. The summed E-state index contributed by atoms with van der Waals surface area (Å²) in [6.07, 6.45) is 1.49. The number of aryl methyl sites for hydroxylation is 4. The van der Waals surface area contributed by atoms with Gasteiger partial charge in [-0.2, -0.15) is 5.10 Å². The van der Waals surface area contributed by atoms with Crippen molar-refractivity contribution in [2.45, 2.75) is 71.4 Å². The Morgan fingerprint density at radius 3 is 2.26 bits per heavy atom. The van der Waals surface area contributed by atoms with Crippen LogP contribution in [0.4, 0.5) is 11.4 Å². The van der Waals surface area contributed by atoms with Gasteiger partial charge in [-0.15, -0.1) is 0 Å². The molecule has 5 heterocycles. The first-order valence-electron chi connectivity index (χ1n) is 22.9. The van der Waals surface area contributed by atoms with E-state index in [9.17, 15) is 29.1 Å². The Morgan fingerprint density at radius 1 is 0.879 bits per heavy atom. The molecule has 8 rings (SSSR count). The number of hydrogen-bond acceptors (Lipinski definition) is 12. The topological polar surface area (TPSA) is 179 Å². The Balaban J connectivity index is 0.840. The second-order valence-electron chi connectivity index (χ2n) is 17.8. The molecule has 66 heavy (non-hydrogen) atoms. The van der Waals surface area contributed by atoms with Gasteiger partial charge < -0.3 is 24.8 Å². The Bertz CT molecular complexity index is 2510. The average molecular weight is 924 g/mol. The Labute approximate surface area is 390 Å². The lowest BCUT2D eigenvalue weighted by molar-refractivity contribution is -0.139. The number of carboxylic acids is 1. The van der Waals surface area contributed by atoms with Gasteiger partial charge >= 0.3 is 5.97 Å². The quantitative estimate of drug-likeness (QED) is 0.0862. The van der Waals surface area contributed by atoms with Crippen LogP contribution in [0.2, 0.25) is 5.02 Å². The molecule has 1 aromatic heterocycles. The number of nitrogens with zero attached hydrogens (tertiary/aromatic N) is 6. The van der Waals surface area contributed by atoms with Crippen molar-refractivity contribution in [1.82, 2.24) is 29.8 Å². The van der Waals surface area contributed by atoms with Gasteiger partial charge in [0.25, 0.3) is 11.8 Å². The lowest BCUT2D eigenvalue weighted by Gasteiger charge is -2.36. The van der Waals surface area contributed by atoms with Crippen LogP contribution in [0.5, 0.6) is 5.75 Å². The van der Waals surface area contributed by atoms with Crippen molar-refractivity contribution in [3.8, 4) is 16.9 Å². The molecule has 4 aliphatic heterocycles. The third-order valence-corrected chi connectivity index (χ3v) is 14.1. The summed E-state index contributed by atoms with van der Waals surface area (Å²) in [4.78, 5) is 72.0. The Morgan fingerprint density at radius 2 is 1.58 bits per heavy atom. The summed E-state index contributed by atoms with van der Waals surface area (Å²) in [5, 5.41) is 21.8. The molecule has 3 unspecified atom stereocenters. The molecule has 4 aromatic rings. The molecular formula is C49H59ClN8O8. The molecule has 3 aromatic carbocycles. The molecule has 3 atom stereocenters. The highest BCUT2D eigenvalue weighted by atomic mass is 35.5. The van der Waals surface area contributed by atoms with Crippen LogP contribution in [-0.2, 0) is 26.2 Å². The van der Waals surface area contributed by atoms with E-state index in [1.807, 2.05) is 50.7 Å². The molecule has 2 fully saturated rings. The normalized spacial score (nSPS) is 19.9. The summed E-state index contributed by atoms with van der Waals surface area (Å²) in [7, 11) is 1.94. The number of amides is 4. The smallest absolute Gasteiger partial charge is 0.326 e. The van der Waals surface area contributed by atoms with E-state index in [0.717, 1.165) is 93.3 Å². The number of aliphatic carboxylic acids is 1. The Kier molecular flexibility index (Phi) is 14.1. The fourth-order valence-electron chi connectivity index (χ4n) is 10.1. The van der Waals surface area contributed by atoms with Gasteiger partial charge in [0.15, 0.2) is 0 Å². The molecule has 0 saturated carbocycles. The molecule has 2 saturated heterocycles. The van der Waals surface area contributed by atoms with Gasteiger partial charge in [0.05, 0.1) is 36.6 Å². The Hall–Kier alpha value is -5.81. The number of carbonyl (C=O) groups is 5. The maximum Gasteiger partial charge on any atom is 0.326 e. The zero-order chi connectivity index (χ0) is 46.8. The van der Waals surface area contributed by atoms with Crippen LogP contribution in [-0.4, -0.2) is 143 Å². The number of para-hydroxylation sites is 1. The SMILES string of the molecule is Cc1cc(OCCCC2c3cccc(-c4c(C)nn(C)c4C)c3N(CCN3CCN(CCOCCNc4cccc5c4C(=O)N(C4CCC(=O)NC4=O)C5=O)CC3)C2C(=O)O)cc(C)c1Cl. The molecule has 0 bridgehead atoms. The number of piperidine rings is 1. The molecular weight excluding hydrogens is 864 g/mol. The van der Waals surface area contributed by atoms with Crippen molar-refractivity contribution in [1.29, 1.82) is 0 Å². The van der Waals surface area contributed by atoms with Crippen LogP contribution < -0.4 is 20.3 Å². The van der Waals surface area contributed by atoms with E-state index in [2.05, 4.69) is 44.4 Å². The zero-order valence-electron chi connectivity index (χ0n) is 38.3. The standard InChI is InChI=1S/C49H59ClN8O8/c1-29-27-33(28-30(2)43(29)50)66-24-8-12-35-34-9-6-10-36(41-31(3)53-54(5)32(41)4)44(34)57(45(35)49(63)64)22-21-55-17-19-56(20-18-55)23-26-65-25-16-51-38-13-7-11-37-42(38)48(62)58(47(37)61)39-14-15-40(59)52-46(39)60/h6-7,9-11,13,27-28,35,39,45,51H,8,12,14-26H2,1-5H3,(H,63,64)(H,52,59,60). The van der Waals surface area contributed by atoms with Crippen LogP contribution in [0.25, 0.3) is 11.1 Å². The highest BCUT2D eigenvalue weighted by Gasteiger charge is 2.46. The maximum absolute atomic E-state index is 13.4. The van der Waals surface area contributed by atoms with Gasteiger partial charge in [-0.3, -0.25) is 43.9 Å². The molecule has 0 aliphatic carbocycles. The predicted octanol–water partition coefficient (Wildman–Crippen LogP) is 5.34. The van der Waals surface area contributed by atoms with Crippen LogP contribution in [0, 0.1) is 27.7 Å². The predicted molar refractivity (Wildman–Crippen MR) is 251 cm³/mol. The van der Waals surface area contributed by atoms with Crippen LogP contribution >= 0.6 is 11.6 Å². The van der Waals surface area contributed by atoms with E-state index in [4.69, 9.17) is 26.2 Å². The van der Waals surface area contributed by atoms with Gasteiger partial charge in [0.1, 0.15) is 17.8 Å². The lowest BCUT2D eigenvalue weighted by atomic mass is 9.89. The number of nitrogens with one attached hydrogen (secondary N) is 2. The molecule has 3 N–H and O–H groups in total. The van der Waals surface area contributed by atoms with Crippen molar-refractivity contribution in [3.63, 3.8) is 0 Å². The minimum atomic E-state index is -1.02. The fourth-order valence-corrected chi connectivity index (χ4v) is 10.2. The lowest BCUT2D eigenvalue weighted by Crippen LogP contribution is -2.54. The van der Waals surface area contributed by atoms with Gasteiger partial charge in [-0.25, -0.2) is 4.79 Å². The minimum absolute atomic E-state index is 0.0602. The van der Waals surface area contributed by atoms with E-state index in [0.29, 0.717) is 58.0 Å². The van der Waals surface area contributed by atoms with Crippen molar-refractivity contribution >= 4 is 52.6 Å². The first-order chi connectivity index (χ1) is 31.7. The first kappa shape index (κ1) is 46.7. The second-order valence-corrected chi connectivity index (χ2v) is 18.1. The van der Waals surface area contributed by atoms with Crippen LogP contribution in [0.15, 0.2) is 48.5 Å². The van der Waals surface area contributed by atoms with E-state index >= 15 is 0 Å². The highest BCUT2D eigenvalue weighted by Crippen LogP contribution is 2.49. The monoisotopic (exact) mass is 922 g/mol. The summed E-state index contributed by atoms with van der Waals surface area (Å²) in [6, 6.07) is 13.4. The number of ether oxygens (including phenoxy) is 2. The number of piperazine rings is 1. The van der Waals surface area contributed by atoms with E-state index in [1.165, 1.54) is 0 Å². The summed E-state index contributed by atoms with van der Waals surface area (Å²) in [5.74, 6) is -2.46. The van der Waals surface area contributed by atoms with Crippen molar-refractivity contribution in [2.24, 2.45) is 7.05 Å². The summed E-state index contributed by atoms with van der Waals surface area (Å²) in [6.45, 7) is 15.2. The largest absolute Gasteiger partial charge is 0.494 e. The number of rotatable bonds is 18. The van der Waals surface area contributed by atoms with Gasteiger partial charge in [0.2, 0.25) is 11.8 Å². The van der Waals surface area contributed by atoms with E-state index in [1.54, 1.807) is 18.2 Å². The maximum atomic E-state index is 13.4. The van der Waals surface area contributed by atoms with E-state index in [-0.39, 0.29) is 29.9 Å². The molecule has 16 nitrogen and oxygen atoms in total. The number of halogens is 1. The van der Waals surface area contributed by atoms with E-state index < -0.39 is 41.7 Å². The number of carboxylic acid groups (broad SMARTS) is 1. The van der Waals surface area contributed by atoms with Crippen molar-refractivity contribution in [2.75, 3.05) is 82.4 Å². The number of fused-ring (bicyclic) bond motifs is 2. The summed E-state index contributed by atoms with van der Waals surface area (Å²) >= 11 is 6.39. The number of anilines is 2. The van der Waals surface area contributed by atoms with Gasteiger partial charge in [-0.05, 0) is 87.9 Å². The number of hydrogen-bond donors (Lipinski definition) is 3.